The summed E-state index contributed by atoms with van der Waals surface area (Å²) in [5.74, 6) is -0.0622. The van der Waals surface area contributed by atoms with E-state index in [2.05, 4.69) is 5.32 Å². The number of thiophene rings is 1. The molecular weight excluding hydrogens is 428 g/mol. The molecule has 1 aliphatic heterocycles. The third-order valence-corrected chi connectivity index (χ3v) is 7.74. The lowest BCUT2D eigenvalue weighted by molar-refractivity contribution is -0.135. The summed E-state index contributed by atoms with van der Waals surface area (Å²) < 4.78 is 5.24. The second-order valence-corrected chi connectivity index (χ2v) is 10.2. The van der Waals surface area contributed by atoms with Crippen LogP contribution in [0, 0.1) is 5.92 Å². The average molecular weight is 463 g/mol. The maximum Gasteiger partial charge on any atom is 0.264 e. The molecule has 2 heterocycles. The first-order valence-corrected chi connectivity index (χ1v) is 12.6. The molecule has 0 radical (unpaired) electrons. The highest BCUT2D eigenvalue weighted by atomic mass is 32.1. The Morgan fingerprint density at radius 2 is 1.97 bits per heavy atom. The Kier molecular flexibility index (Phi) is 7.48. The van der Waals surface area contributed by atoms with Gasteiger partial charge >= 0.3 is 0 Å². The molecule has 3 aliphatic rings. The van der Waals surface area contributed by atoms with Crippen molar-refractivity contribution >= 4 is 29.1 Å². The molecular formula is C23H34N4O4S. The first kappa shape index (κ1) is 23.2. The minimum Gasteiger partial charge on any atom is -0.383 e. The fourth-order valence-corrected chi connectivity index (χ4v) is 5.52. The zero-order valence-electron chi connectivity index (χ0n) is 18.7. The second kappa shape index (κ2) is 10.3. The van der Waals surface area contributed by atoms with Crippen molar-refractivity contribution in [2.75, 3.05) is 26.8 Å². The van der Waals surface area contributed by atoms with Gasteiger partial charge in [-0.1, -0.05) is 6.07 Å². The third kappa shape index (κ3) is 5.32. The van der Waals surface area contributed by atoms with Crippen LogP contribution in [-0.4, -0.2) is 78.5 Å². The number of methoxy groups -OCH3 is 1. The van der Waals surface area contributed by atoms with Crippen LogP contribution < -0.4 is 11.1 Å². The van der Waals surface area contributed by atoms with Crippen LogP contribution in [0.1, 0.15) is 54.6 Å². The summed E-state index contributed by atoms with van der Waals surface area (Å²) in [5, 5.41) is 5.03. The molecule has 4 rings (SSSR count). The quantitative estimate of drug-likeness (QED) is 0.611. The molecule has 3 amide bonds. The molecule has 0 spiro atoms. The van der Waals surface area contributed by atoms with Crippen molar-refractivity contribution in [1.29, 1.82) is 0 Å². The maximum atomic E-state index is 13.3. The Morgan fingerprint density at radius 1 is 1.22 bits per heavy atom. The second-order valence-electron chi connectivity index (χ2n) is 9.26. The van der Waals surface area contributed by atoms with Gasteiger partial charge in [0, 0.05) is 38.2 Å². The molecule has 2 aliphatic carbocycles. The molecule has 0 aromatic carbocycles. The van der Waals surface area contributed by atoms with E-state index in [4.69, 9.17) is 10.5 Å². The van der Waals surface area contributed by atoms with Crippen molar-refractivity contribution in [3.63, 3.8) is 0 Å². The Labute approximate surface area is 193 Å². The summed E-state index contributed by atoms with van der Waals surface area (Å²) in [6.45, 7) is 1.28. The lowest BCUT2D eigenvalue weighted by Gasteiger charge is -2.29. The third-order valence-electron chi connectivity index (χ3n) is 6.88. The Hall–Kier alpha value is -1.97. The number of hydrogen-bond acceptors (Lipinski definition) is 6. The zero-order valence-corrected chi connectivity index (χ0v) is 19.5. The molecule has 2 unspecified atom stereocenters. The van der Waals surface area contributed by atoms with Crippen LogP contribution in [-0.2, 0) is 14.3 Å². The molecule has 176 valence electrons. The standard InChI is InChI=1S/C23H34N4O4S/c1-31-11-10-26(22(29)15-4-5-15)18-13-19(21(28)25-17-8-6-16(24)7-9-17)27(14-18)23(30)20-3-2-12-32-20/h2-3,12,15-19H,4-11,13-14,24H2,1H3,(H,25,28). The zero-order chi connectivity index (χ0) is 22.7. The SMILES string of the molecule is COCCN(C(=O)C1CC1)C1CC(C(=O)NC2CCC(N)CC2)N(C(=O)c2cccs2)C1. The fraction of sp³-hybridized carbons (Fsp3) is 0.696. The number of amides is 3. The van der Waals surface area contributed by atoms with Gasteiger partial charge in [0.05, 0.1) is 17.5 Å². The Bertz CT molecular complexity index is 805. The predicted molar refractivity (Wildman–Crippen MR) is 122 cm³/mol. The number of rotatable bonds is 8. The Balaban J connectivity index is 1.50. The Morgan fingerprint density at radius 3 is 2.59 bits per heavy atom. The fourth-order valence-electron chi connectivity index (χ4n) is 4.84. The van der Waals surface area contributed by atoms with Gasteiger partial charge in [0.25, 0.3) is 5.91 Å². The molecule has 0 bridgehead atoms. The van der Waals surface area contributed by atoms with Crippen molar-refractivity contribution in [2.45, 2.75) is 69.1 Å². The van der Waals surface area contributed by atoms with E-state index in [-0.39, 0.29) is 41.8 Å². The van der Waals surface area contributed by atoms with E-state index in [0.29, 0.717) is 31.0 Å². The highest BCUT2D eigenvalue weighted by Crippen LogP contribution is 2.34. The number of nitrogens with one attached hydrogen (secondary N) is 1. The van der Waals surface area contributed by atoms with Crippen LogP contribution in [0.25, 0.3) is 0 Å². The highest BCUT2D eigenvalue weighted by molar-refractivity contribution is 7.12. The van der Waals surface area contributed by atoms with Gasteiger partial charge in [-0.3, -0.25) is 14.4 Å². The van der Waals surface area contributed by atoms with Gasteiger partial charge in [-0.05, 0) is 56.4 Å². The highest BCUT2D eigenvalue weighted by Gasteiger charge is 2.45. The molecule has 32 heavy (non-hydrogen) atoms. The summed E-state index contributed by atoms with van der Waals surface area (Å²) >= 11 is 1.37. The van der Waals surface area contributed by atoms with Crippen molar-refractivity contribution in [1.82, 2.24) is 15.1 Å². The monoisotopic (exact) mass is 462 g/mol. The number of nitrogens with zero attached hydrogens (tertiary/aromatic N) is 2. The van der Waals surface area contributed by atoms with Crippen LogP contribution in [0.2, 0.25) is 0 Å². The molecule has 2 atom stereocenters. The molecule has 9 heteroatoms. The van der Waals surface area contributed by atoms with Gasteiger partial charge in [0.1, 0.15) is 6.04 Å². The van der Waals surface area contributed by atoms with Gasteiger partial charge in [0.2, 0.25) is 11.8 Å². The topological polar surface area (TPSA) is 105 Å². The lowest BCUT2D eigenvalue weighted by Crippen LogP contribution is -2.50. The van der Waals surface area contributed by atoms with Gasteiger partial charge in [-0.15, -0.1) is 11.3 Å². The van der Waals surface area contributed by atoms with Gasteiger partial charge in [-0.25, -0.2) is 0 Å². The average Bonchev–Trinajstić information content (AvgIpc) is 3.31. The minimum atomic E-state index is -0.581. The number of hydrogen-bond donors (Lipinski definition) is 2. The summed E-state index contributed by atoms with van der Waals surface area (Å²) in [5.41, 5.74) is 6.00. The van der Waals surface area contributed by atoms with E-state index in [1.54, 1.807) is 18.1 Å². The first-order valence-electron chi connectivity index (χ1n) is 11.7. The van der Waals surface area contributed by atoms with E-state index < -0.39 is 6.04 Å². The van der Waals surface area contributed by atoms with E-state index in [0.717, 1.165) is 38.5 Å². The number of ether oxygens (including phenoxy) is 1. The number of carbonyl (C=O) groups is 3. The first-order chi connectivity index (χ1) is 15.5. The van der Waals surface area contributed by atoms with Crippen LogP contribution >= 0.6 is 11.3 Å². The number of likely N-dealkylation sites (tertiary alicyclic amines) is 1. The van der Waals surface area contributed by atoms with E-state index in [1.165, 1.54) is 11.3 Å². The van der Waals surface area contributed by atoms with E-state index >= 15 is 0 Å². The van der Waals surface area contributed by atoms with Crippen molar-refractivity contribution in [3.05, 3.63) is 22.4 Å². The maximum absolute atomic E-state index is 13.3. The normalized spacial score (nSPS) is 27.9. The molecule has 8 nitrogen and oxygen atoms in total. The summed E-state index contributed by atoms with van der Waals surface area (Å²) in [6, 6.07) is 3.17. The summed E-state index contributed by atoms with van der Waals surface area (Å²) in [7, 11) is 1.62. The molecule has 3 N–H and O–H groups in total. The molecule has 1 saturated heterocycles. The smallest absolute Gasteiger partial charge is 0.264 e. The van der Waals surface area contributed by atoms with Crippen LogP contribution in [0.15, 0.2) is 17.5 Å². The minimum absolute atomic E-state index is 0.0765. The van der Waals surface area contributed by atoms with Gasteiger partial charge in [-0.2, -0.15) is 0 Å². The largest absolute Gasteiger partial charge is 0.383 e. The van der Waals surface area contributed by atoms with Gasteiger partial charge < -0.3 is 25.6 Å². The molecule has 1 aromatic rings. The lowest BCUT2D eigenvalue weighted by atomic mass is 9.91. The van der Waals surface area contributed by atoms with E-state index in [1.807, 2.05) is 16.3 Å². The summed E-state index contributed by atoms with van der Waals surface area (Å²) in [4.78, 5) is 43.7. The van der Waals surface area contributed by atoms with Gasteiger partial charge in [0.15, 0.2) is 0 Å². The van der Waals surface area contributed by atoms with Crippen molar-refractivity contribution < 1.29 is 19.1 Å². The van der Waals surface area contributed by atoms with Crippen molar-refractivity contribution in [2.24, 2.45) is 11.7 Å². The molecule has 3 fully saturated rings. The number of nitrogens with two attached hydrogens (primary N) is 1. The van der Waals surface area contributed by atoms with Crippen LogP contribution in [0.4, 0.5) is 0 Å². The van der Waals surface area contributed by atoms with Crippen molar-refractivity contribution in [3.8, 4) is 0 Å². The van der Waals surface area contributed by atoms with E-state index in [9.17, 15) is 14.4 Å². The van der Waals surface area contributed by atoms with Crippen LogP contribution in [0.3, 0.4) is 0 Å². The predicted octanol–water partition coefficient (Wildman–Crippen LogP) is 1.60. The summed E-state index contributed by atoms with van der Waals surface area (Å²) in [6.07, 6.45) is 5.82. The van der Waals surface area contributed by atoms with Crippen LogP contribution in [0.5, 0.6) is 0 Å². The molecule has 1 aromatic heterocycles. The number of carbonyl (C=O) groups excluding carboxylic acids is 3. The molecule has 2 saturated carbocycles.